The lowest BCUT2D eigenvalue weighted by Gasteiger charge is -2.30. The average molecular weight is 231 g/mol. The summed E-state index contributed by atoms with van der Waals surface area (Å²) in [5.74, 6) is 0. The van der Waals surface area contributed by atoms with Crippen LogP contribution >= 0.6 is 0 Å². The molecule has 0 aromatic heterocycles. The molecule has 0 saturated heterocycles. The minimum Gasteiger partial charge on any atom is -0.211 e. The first-order valence-electron chi connectivity index (χ1n) is 5.90. The number of carbonyl (C=O) groups excluding carboxylic acids is 1. The smallest absolute Gasteiger partial charge is 0.211 e. The Morgan fingerprint density at radius 3 is 2.00 bits per heavy atom. The molecule has 2 heteroatoms. The highest BCUT2D eigenvalue weighted by Gasteiger charge is 2.27. The second-order valence-electron chi connectivity index (χ2n) is 6.40. The second kappa shape index (κ2) is 4.46. The summed E-state index contributed by atoms with van der Waals surface area (Å²) in [6, 6.07) is 5.94. The van der Waals surface area contributed by atoms with Crippen LogP contribution < -0.4 is 0 Å². The van der Waals surface area contributed by atoms with E-state index in [1.807, 2.05) is 12.1 Å². The molecule has 0 fully saturated rings. The zero-order chi connectivity index (χ0) is 13.3. The number of benzene rings is 1. The van der Waals surface area contributed by atoms with E-state index < -0.39 is 0 Å². The molecule has 0 atom stereocenters. The van der Waals surface area contributed by atoms with Gasteiger partial charge in [0.1, 0.15) is 0 Å². The average Bonchev–Trinajstić information content (AvgIpc) is 2.14. The van der Waals surface area contributed by atoms with Gasteiger partial charge in [0.2, 0.25) is 6.08 Å². The van der Waals surface area contributed by atoms with Crippen LogP contribution in [0, 0.1) is 0 Å². The van der Waals surface area contributed by atoms with Gasteiger partial charge in [-0.1, -0.05) is 53.7 Å². The van der Waals surface area contributed by atoms with Crippen molar-refractivity contribution in [1.29, 1.82) is 0 Å². The van der Waals surface area contributed by atoms with Crippen LogP contribution in [-0.2, 0) is 15.6 Å². The standard InChI is InChI=1S/C15H21NO/c1-14(2,3)11-8-7-9-12(16-10-17)13(11)15(4,5)6/h7-9H,1-6H3. The molecule has 1 aromatic rings. The Balaban J connectivity index is 3.63. The van der Waals surface area contributed by atoms with E-state index in [1.54, 1.807) is 6.08 Å². The fourth-order valence-electron chi connectivity index (χ4n) is 2.10. The highest BCUT2D eigenvalue weighted by Crippen LogP contribution is 2.39. The first-order chi connectivity index (χ1) is 7.68. The molecule has 0 saturated carbocycles. The summed E-state index contributed by atoms with van der Waals surface area (Å²) >= 11 is 0. The van der Waals surface area contributed by atoms with Crippen molar-refractivity contribution in [3.05, 3.63) is 29.3 Å². The Hall–Kier alpha value is -1.40. The zero-order valence-electron chi connectivity index (χ0n) is 11.6. The van der Waals surface area contributed by atoms with Crippen LogP contribution in [0.4, 0.5) is 5.69 Å². The largest absolute Gasteiger partial charge is 0.240 e. The third-order valence-electron chi connectivity index (χ3n) is 2.77. The van der Waals surface area contributed by atoms with Gasteiger partial charge in [0.05, 0.1) is 5.69 Å². The molecule has 0 heterocycles. The molecule has 0 radical (unpaired) electrons. The summed E-state index contributed by atoms with van der Waals surface area (Å²) in [7, 11) is 0. The van der Waals surface area contributed by atoms with Crippen LogP contribution in [-0.4, -0.2) is 6.08 Å². The molecular formula is C15H21NO. The van der Waals surface area contributed by atoms with Crippen LogP contribution in [0.1, 0.15) is 52.7 Å². The Bertz CT molecular complexity index is 455. The summed E-state index contributed by atoms with van der Waals surface area (Å²) in [5.41, 5.74) is 3.11. The Morgan fingerprint density at radius 1 is 1.00 bits per heavy atom. The SMILES string of the molecule is CC(C)(C)c1cccc(N=C=O)c1C(C)(C)C. The summed E-state index contributed by atoms with van der Waals surface area (Å²) in [4.78, 5) is 14.4. The zero-order valence-corrected chi connectivity index (χ0v) is 11.6. The van der Waals surface area contributed by atoms with Crippen molar-refractivity contribution in [3.8, 4) is 0 Å². The predicted molar refractivity (Wildman–Crippen MR) is 71.6 cm³/mol. The van der Waals surface area contributed by atoms with Gasteiger partial charge in [0.15, 0.2) is 0 Å². The highest BCUT2D eigenvalue weighted by molar-refractivity contribution is 5.59. The van der Waals surface area contributed by atoms with Crippen molar-refractivity contribution in [2.75, 3.05) is 0 Å². The first-order valence-corrected chi connectivity index (χ1v) is 5.90. The number of aliphatic imine (C=N–C) groups is 1. The maximum atomic E-state index is 10.5. The topological polar surface area (TPSA) is 29.4 Å². The maximum Gasteiger partial charge on any atom is 0.240 e. The molecule has 0 aliphatic rings. The third-order valence-corrected chi connectivity index (χ3v) is 2.77. The van der Waals surface area contributed by atoms with Gasteiger partial charge in [0.25, 0.3) is 0 Å². The van der Waals surface area contributed by atoms with Crippen molar-refractivity contribution < 1.29 is 4.79 Å². The Morgan fingerprint density at radius 2 is 1.59 bits per heavy atom. The van der Waals surface area contributed by atoms with Crippen LogP contribution in [0.5, 0.6) is 0 Å². The van der Waals surface area contributed by atoms with Gasteiger partial charge >= 0.3 is 0 Å². The van der Waals surface area contributed by atoms with Gasteiger partial charge < -0.3 is 0 Å². The van der Waals surface area contributed by atoms with Gasteiger partial charge in [-0.25, -0.2) is 4.79 Å². The van der Waals surface area contributed by atoms with Crippen LogP contribution in [0.2, 0.25) is 0 Å². The van der Waals surface area contributed by atoms with Gasteiger partial charge in [-0.3, -0.25) is 0 Å². The molecule has 0 amide bonds. The van der Waals surface area contributed by atoms with E-state index in [0.717, 1.165) is 11.3 Å². The lowest BCUT2D eigenvalue weighted by Crippen LogP contribution is -2.22. The quantitative estimate of drug-likeness (QED) is 0.525. The van der Waals surface area contributed by atoms with Crippen LogP contribution in [0.25, 0.3) is 0 Å². The number of hydrogen-bond donors (Lipinski definition) is 0. The minimum atomic E-state index is -0.0421. The first kappa shape index (κ1) is 13.7. The highest BCUT2D eigenvalue weighted by atomic mass is 16.1. The van der Waals surface area contributed by atoms with Crippen LogP contribution in [0.15, 0.2) is 23.2 Å². The fraction of sp³-hybridized carbons (Fsp3) is 0.533. The third kappa shape index (κ3) is 3.04. The molecule has 1 rings (SSSR count). The van der Waals surface area contributed by atoms with E-state index in [2.05, 4.69) is 52.6 Å². The van der Waals surface area contributed by atoms with E-state index in [9.17, 15) is 4.79 Å². The van der Waals surface area contributed by atoms with Gasteiger partial charge in [-0.05, 0) is 28.0 Å². The van der Waals surface area contributed by atoms with Crippen molar-refractivity contribution in [3.63, 3.8) is 0 Å². The lowest BCUT2D eigenvalue weighted by molar-refractivity contribution is 0.530. The van der Waals surface area contributed by atoms with Crippen molar-refractivity contribution in [1.82, 2.24) is 0 Å². The molecule has 0 N–H and O–H groups in total. The predicted octanol–water partition coefficient (Wildman–Crippen LogP) is 4.25. The van der Waals surface area contributed by atoms with E-state index >= 15 is 0 Å². The molecule has 2 nitrogen and oxygen atoms in total. The summed E-state index contributed by atoms with van der Waals surface area (Å²) in [5, 5.41) is 0. The number of hydrogen-bond acceptors (Lipinski definition) is 2. The monoisotopic (exact) mass is 231 g/mol. The lowest BCUT2D eigenvalue weighted by atomic mass is 9.74. The molecule has 0 bridgehead atoms. The fourth-order valence-corrected chi connectivity index (χ4v) is 2.10. The number of isocyanates is 1. The molecule has 0 aliphatic carbocycles. The summed E-state index contributed by atoms with van der Waals surface area (Å²) in [6.07, 6.45) is 1.65. The number of nitrogens with zero attached hydrogens (tertiary/aromatic N) is 1. The number of rotatable bonds is 1. The van der Waals surface area contributed by atoms with Gasteiger partial charge in [0, 0.05) is 0 Å². The minimum absolute atomic E-state index is 0.0387. The van der Waals surface area contributed by atoms with Gasteiger partial charge in [-0.15, -0.1) is 0 Å². The summed E-state index contributed by atoms with van der Waals surface area (Å²) in [6.45, 7) is 12.9. The van der Waals surface area contributed by atoms with Crippen LogP contribution in [0.3, 0.4) is 0 Å². The molecule has 0 spiro atoms. The van der Waals surface area contributed by atoms with Crippen molar-refractivity contribution in [2.24, 2.45) is 4.99 Å². The molecule has 0 aliphatic heterocycles. The Kier molecular flexibility index (Phi) is 3.59. The summed E-state index contributed by atoms with van der Waals surface area (Å²) < 4.78 is 0. The molecule has 92 valence electrons. The molecule has 0 unspecified atom stereocenters. The van der Waals surface area contributed by atoms with E-state index in [1.165, 1.54) is 5.56 Å². The maximum absolute atomic E-state index is 10.5. The van der Waals surface area contributed by atoms with Crippen molar-refractivity contribution >= 4 is 11.8 Å². The van der Waals surface area contributed by atoms with Gasteiger partial charge in [-0.2, -0.15) is 4.99 Å². The van der Waals surface area contributed by atoms with Crippen molar-refractivity contribution in [2.45, 2.75) is 52.4 Å². The Labute approximate surface area is 104 Å². The normalized spacial score (nSPS) is 12.1. The van der Waals surface area contributed by atoms with E-state index in [-0.39, 0.29) is 10.8 Å². The van der Waals surface area contributed by atoms with E-state index in [4.69, 9.17) is 0 Å². The van der Waals surface area contributed by atoms with E-state index in [0.29, 0.717) is 0 Å². The molecular weight excluding hydrogens is 210 g/mol. The molecule has 17 heavy (non-hydrogen) atoms. The molecule has 1 aromatic carbocycles. The second-order valence-corrected chi connectivity index (χ2v) is 6.40.